The molecule has 1 saturated heterocycles. The van der Waals surface area contributed by atoms with Crippen molar-refractivity contribution in [3.05, 3.63) is 71.0 Å². The zero-order valence-corrected chi connectivity index (χ0v) is 13.7. The van der Waals surface area contributed by atoms with E-state index in [-0.39, 0.29) is 11.9 Å². The summed E-state index contributed by atoms with van der Waals surface area (Å²) in [6.45, 7) is 5.07. The number of halogens is 1. The Hall–Kier alpha value is -1.71. The molecule has 2 nitrogen and oxygen atoms in total. The van der Waals surface area contributed by atoms with Gasteiger partial charge in [-0.2, -0.15) is 0 Å². The second-order valence-corrected chi connectivity index (χ2v) is 6.87. The molecule has 0 bridgehead atoms. The summed E-state index contributed by atoms with van der Waals surface area (Å²) in [5.41, 5.74) is 10.1. The fourth-order valence-corrected chi connectivity index (χ4v) is 3.53. The van der Waals surface area contributed by atoms with Crippen LogP contribution in [0.15, 0.2) is 48.5 Å². The van der Waals surface area contributed by atoms with Crippen molar-refractivity contribution in [2.24, 2.45) is 11.7 Å². The summed E-state index contributed by atoms with van der Waals surface area (Å²) in [6, 6.07) is 15.8. The molecule has 2 aromatic rings. The second-order valence-electron chi connectivity index (χ2n) is 6.87. The van der Waals surface area contributed by atoms with Crippen molar-refractivity contribution in [2.75, 3.05) is 13.1 Å². The van der Waals surface area contributed by atoms with Crippen molar-refractivity contribution in [1.82, 2.24) is 4.90 Å². The van der Waals surface area contributed by atoms with Gasteiger partial charge in [0.2, 0.25) is 0 Å². The van der Waals surface area contributed by atoms with Gasteiger partial charge in [0.1, 0.15) is 5.82 Å². The number of hydrogen-bond acceptors (Lipinski definition) is 2. The lowest BCUT2D eigenvalue weighted by Crippen LogP contribution is -2.47. The van der Waals surface area contributed by atoms with Gasteiger partial charge in [0.25, 0.3) is 0 Å². The fourth-order valence-electron chi connectivity index (χ4n) is 3.53. The maximum atomic E-state index is 13.0. The molecular formula is C20H25FN2. The van der Waals surface area contributed by atoms with Crippen molar-refractivity contribution in [1.29, 1.82) is 0 Å². The van der Waals surface area contributed by atoms with Crippen LogP contribution in [-0.4, -0.2) is 24.0 Å². The summed E-state index contributed by atoms with van der Waals surface area (Å²) in [5.74, 6) is 0.366. The number of nitrogens with two attached hydrogens (primary N) is 1. The number of piperidine rings is 1. The Bertz CT molecular complexity index is 566. The van der Waals surface area contributed by atoms with Gasteiger partial charge in [-0.25, -0.2) is 4.39 Å². The maximum absolute atomic E-state index is 13.0. The van der Waals surface area contributed by atoms with Crippen LogP contribution in [0.4, 0.5) is 4.39 Å². The van der Waals surface area contributed by atoms with E-state index < -0.39 is 0 Å². The zero-order valence-electron chi connectivity index (χ0n) is 13.7. The average molecular weight is 312 g/mol. The highest BCUT2D eigenvalue weighted by Crippen LogP contribution is 2.22. The van der Waals surface area contributed by atoms with Gasteiger partial charge in [-0.15, -0.1) is 0 Å². The Morgan fingerprint density at radius 1 is 1.00 bits per heavy atom. The SMILES string of the molecule is Cc1ccc(CN2CC(N)CC(Cc3ccc(F)cc3)C2)cc1. The highest BCUT2D eigenvalue weighted by molar-refractivity contribution is 5.21. The van der Waals surface area contributed by atoms with E-state index in [4.69, 9.17) is 5.73 Å². The number of aryl methyl sites for hydroxylation is 1. The molecule has 0 radical (unpaired) electrons. The van der Waals surface area contributed by atoms with Crippen LogP contribution in [0.5, 0.6) is 0 Å². The predicted molar refractivity (Wildman–Crippen MR) is 92.6 cm³/mol. The van der Waals surface area contributed by atoms with Crippen molar-refractivity contribution in [3.8, 4) is 0 Å². The molecule has 23 heavy (non-hydrogen) atoms. The molecule has 2 unspecified atom stereocenters. The van der Waals surface area contributed by atoms with Crippen molar-refractivity contribution in [3.63, 3.8) is 0 Å². The number of likely N-dealkylation sites (tertiary alicyclic amines) is 1. The molecule has 122 valence electrons. The van der Waals surface area contributed by atoms with Gasteiger partial charge in [0.15, 0.2) is 0 Å². The van der Waals surface area contributed by atoms with E-state index in [9.17, 15) is 4.39 Å². The van der Waals surface area contributed by atoms with Crippen LogP contribution in [0.25, 0.3) is 0 Å². The third-order valence-corrected chi connectivity index (χ3v) is 4.61. The van der Waals surface area contributed by atoms with Crippen LogP contribution in [-0.2, 0) is 13.0 Å². The van der Waals surface area contributed by atoms with Gasteiger partial charge < -0.3 is 5.73 Å². The van der Waals surface area contributed by atoms with Crippen LogP contribution < -0.4 is 5.73 Å². The number of rotatable bonds is 4. The van der Waals surface area contributed by atoms with E-state index >= 15 is 0 Å². The molecule has 0 saturated carbocycles. The fraction of sp³-hybridized carbons (Fsp3) is 0.400. The Labute approximate surface area is 138 Å². The van der Waals surface area contributed by atoms with Crippen LogP contribution >= 0.6 is 0 Å². The smallest absolute Gasteiger partial charge is 0.123 e. The van der Waals surface area contributed by atoms with Crippen LogP contribution in [0.3, 0.4) is 0 Å². The largest absolute Gasteiger partial charge is 0.327 e. The molecular weight excluding hydrogens is 287 g/mol. The van der Waals surface area contributed by atoms with Gasteiger partial charge in [-0.1, -0.05) is 42.0 Å². The number of benzene rings is 2. The Kier molecular flexibility index (Phi) is 5.09. The highest BCUT2D eigenvalue weighted by atomic mass is 19.1. The average Bonchev–Trinajstić information content (AvgIpc) is 2.51. The minimum absolute atomic E-state index is 0.171. The minimum atomic E-state index is -0.171. The summed E-state index contributed by atoms with van der Waals surface area (Å²) in [4.78, 5) is 2.45. The Balaban J connectivity index is 1.62. The van der Waals surface area contributed by atoms with Crippen molar-refractivity contribution >= 4 is 0 Å². The molecule has 1 heterocycles. The topological polar surface area (TPSA) is 29.3 Å². The molecule has 0 amide bonds. The minimum Gasteiger partial charge on any atom is -0.327 e. The van der Waals surface area contributed by atoms with Gasteiger partial charge in [-0.05, 0) is 48.9 Å². The van der Waals surface area contributed by atoms with E-state index in [2.05, 4.69) is 36.1 Å². The van der Waals surface area contributed by atoms with E-state index in [0.717, 1.165) is 32.5 Å². The molecule has 2 N–H and O–H groups in total. The predicted octanol–water partition coefficient (Wildman–Crippen LogP) is 3.53. The Morgan fingerprint density at radius 2 is 1.65 bits per heavy atom. The number of hydrogen-bond donors (Lipinski definition) is 1. The van der Waals surface area contributed by atoms with Gasteiger partial charge >= 0.3 is 0 Å². The van der Waals surface area contributed by atoms with E-state index in [1.54, 1.807) is 12.1 Å². The lowest BCUT2D eigenvalue weighted by atomic mass is 9.89. The highest BCUT2D eigenvalue weighted by Gasteiger charge is 2.25. The molecule has 1 aliphatic rings. The molecule has 0 aliphatic carbocycles. The zero-order chi connectivity index (χ0) is 16.2. The summed E-state index contributed by atoms with van der Waals surface area (Å²) in [6.07, 6.45) is 2.01. The lowest BCUT2D eigenvalue weighted by molar-refractivity contribution is 0.149. The molecule has 0 spiro atoms. The van der Waals surface area contributed by atoms with Crippen LogP contribution in [0.1, 0.15) is 23.1 Å². The molecule has 2 atom stereocenters. The first kappa shape index (κ1) is 16.2. The van der Waals surface area contributed by atoms with Crippen molar-refractivity contribution < 1.29 is 4.39 Å². The standard InChI is InChI=1S/C20H25FN2/c1-15-2-4-17(5-3-15)12-23-13-18(11-20(22)14-23)10-16-6-8-19(21)9-7-16/h2-9,18,20H,10-14,22H2,1H3. The molecule has 3 rings (SSSR count). The molecule has 0 aromatic heterocycles. The monoisotopic (exact) mass is 312 g/mol. The summed E-state index contributed by atoms with van der Waals surface area (Å²) < 4.78 is 13.0. The lowest BCUT2D eigenvalue weighted by Gasteiger charge is -2.36. The van der Waals surface area contributed by atoms with E-state index in [0.29, 0.717) is 5.92 Å². The quantitative estimate of drug-likeness (QED) is 0.936. The second kappa shape index (κ2) is 7.24. The van der Waals surface area contributed by atoms with Crippen LogP contribution in [0, 0.1) is 18.7 Å². The summed E-state index contributed by atoms with van der Waals surface area (Å²) >= 11 is 0. The maximum Gasteiger partial charge on any atom is 0.123 e. The van der Waals surface area contributed by atoms with Crippen LogP contribution in [0.2, 0.25) is 0 Å². The van der Waals surface area contributed by atoms with Crippen molar-refractivity contribution in [2.45, 2.75) is 32.4 Å². The Morgan fingerprint density at radius 3 is 2.35 bits per heavy atom. The molecule has 1 aliphatic heterocycles. The van der Waals surface area contributed by atoms with E-state index in [1.165, 1.54) is 16.7 Å². The first-order chi connectivity index (χ1) is 11.1. The summed E-state index contributed by atoms with van der Waals surface area (Å²) in [5, 5.41) is 0. The van der Waals surface area contributed by atoms with Gasteiger partial charge in [0, 0.05) is 25.7 Å². The molecule has 2 aromatic carbocycles. The summed E-state index contributed by atoms with van der Waals surface area (Å²) in [7, 11) is 0. The van der Waals surface area contributed by atoms with E-state index in [1.807, 2.05) is 12.1 Å². The first-order valence-electron chi connectivity index (χ1n) is 8.36. The third kappa shape index (κ3) is 4.63. The van der Waals surface area contributed by atoms with Gasteiger partial charge in [0.05, 0.1) is 0 Å². The number of nitrogens with zero attached hydrogens (tertiary/aromatic N) is 1. The third-order valence-electron chi connectivity index (χ3n) is 4.61. The molecule has 3 heteroatoms. The normalized spacial score (nSPS) is 22.2. The first-order valence-corrected chi connectivity index (χ1v) is 8.36. The molecule has 1 fully saturated rings. The van der Waals surface area contributed by atoms with Gasteiger partial charge in [-0.3, -0.25) is 4.90 Å².